The summed E-state index contributed by atoms with van der Waals surface area (Å²) in [7, 11) is 0. The van der Waals surface area contributed by atoms with Crippen molar-refractivity contribution in [2.45, 2.75) is 32.4 Å². The summed E-state index contributed by atoms with van der Waals surface area (Å²) in [5.41, 5.74) is 3.69. The lowest BCUT2D eigenvalue weighted by atomic mass is 10.1. The topological polar surface area (TPSA) is 67.2 Å². The summed E-state index contributed by atoms with van der Waals surface area (Å²) in [6, 6.07) is 4.03. The van der Waals surface area contributed by atoms with Crippen molar-refractivity contribution in [3.63, 3.8) is 0 Å². The van der Waals surface area contributed by atoms with Crippen LogP contribution in [-0.2, 0) is 24.3 Å². The van der Waals surface area contributed by atoms with Crippen LogP contribution in [0.5, 0.6) is 0 Å². The third-order valence-electron chi connectivity index (χ3n) is 6.26. The van der Waals surface area contributed by atoms with Crippen LogP contribution in [0.25, 0.3) is 22.0 Å². The summed E-state index contributed by atoms with van der Waals surface area (Å²) in [5.74, 6) is 0.210. The van der Waals surface area contributed by atoms with Gasteiger partial charge in [-0.2, -0.15) is 5.10 Å². The molecule has 0 amide bonds. The molecule has 2 aliphatic rings. The number of carbonyl (C=O) groups excluding carboxylic acids is 1. The maximum atomic E-state index is 12.8. The second kappa shape index (κ2) is 8.80. The molecular formula is C23H27FN6O. The van der Waals surface area contributed by atoms with Crippen LogP contribution in [0.1, 0.15) is 24.2 Å². The summed E-state index contributed by atoms with van der Waals surface area (Å²) in [4.78, 5) is 25.9. The van der Waals surface area contributed by atoms with Gasteiger partial charge in [0.15, 0.2) is 5.78 Å². The first kappa shape index (κ1) is 20.2. The Morgan fingerprint density at radius 3 is 2.65 bits per heavy atom. The molecule has 3 aromatic heterocycles. The highest BCUT2D eigenvalue weighted by Gasteiger charge is 2.22. The molecule has 1 fully saturated rings. The zero-order valence-electron chi connectivity index (χ0n) is 17.6. The Bertz CT molecular complexity index is 1090. The van der Waals surface area contributed by atoms with Crippen LogP contribution in [0.3, 0.4) is 0 Å². The number of rotatable bonds is 7. The molecule has 0 aliphatic carbocycles. The SMILES string of the molecule is O=C(Cc1cc2cc(-c3cnn4c3CN(CCF)CC4)ncc2cn1)CN1CCCC1. The summed E-state index contributed by atoms with van der Waals surface area (Å²) < 4.78 is 14.8. The van der Waals surface area contributed by atoms with Crippen molar-refractivity contribution in [3.05, 3.63) is 42.1 Å². The van der Waals surface area contributed by atoms with Crippen molar-refractivity contribution in [3.8, 4) is 11.3 Å². The van der Waals surface area contributed by atoms with Gasteiger partial charge in [0.25, 0.3) is 0 Å². The molecule has 0 N–H and O–H groups in total. The second-order valence-electron chi connectivity index (χ2n) is 8.48. The molecule has 0 aromatic carbocycles. The third-order valence-corrected chi connectivity index (χ3v) is 6.26. The largest absolute Gasteiger partial charge is 0.298 e. The zero-order valence-corrected chi connectivity index (χ0v) is 17.6. The number of carbonyl (C=O) groups is 1. The second-order valence-corrected chi connectivity index (χ2v) is 8.48. The highest BCUT2D eigenvalue weighted by Crippen LogP contribution is 2.28. The first-order valence-electron chi connectivity index (χ1n) is 11.0. The quantitative estimate of drug-likeness (QED) is 0.583. The number of nitrogens with zero attached hydrogens (tertiary/aromatic N) is 6. The molecule has 2 aliphatic heterocycles. The van der Waals surface area contributed by atoms with Gasteiger partial charge in [-0.15, -0.1) is 0 Å². The molecule has 0 bridgehead atoms. The molecule has 1 saturated heterocycles. The number of likely N-dealkylation sites (tertiary alicyclic amines) is 1. The highest BCUT2D eigenvalue weighted by molar-refractivity contribution is 5.87. The third kappa shape index (κ3) is 4.36. The van der Waals surface area contributed by atoms with Crippen molar-refractivity contribution in [2.75, 3.05) is 39.4 Å². The van der Waals surface area contributed by atoms with E-state index in [0.29, 0.717) is 26.1 Å². The first-order valence-corrected chi connectivity index (χ1v) is 11.0. The van der Waals surface area contributed by atoms with E-state index in [1.165, 1.54) is 12.8 Å². The van der Waals surface area contributed by atoms with Gasteiger partial charge in [-0.1, -0.05) is 0 Å². The minimum atomic E-state index is -0.343. The van der Waals surface area contributed by atoms with E-state index in [0.717, 1.165) is 59.6 Å². The number of pyridine rings is 2. The number of Topliss-reactive ketones (excluding diaryl/α,β-unsaturated/α-hetero) is 1. The molecule has 0 radical (unpaired) electrons. The van der Waals surface area contributed by atoms with Gasteiger partial charge in [0.1, 0.15) is 6.67 Å². The number of ketones is 1. The Kier molecular flexibility index (Phi) is 5.74. The average molecular weight is 423 g/mol. The average Bonchev–Trinajstić information content (AvgIpc) is 3.43. The number of halogens is 1. The number of fused-ring (bicyclic) bond motifs is 2. The fourth-order valence-electron chi connectivity index (χ4n) is 4.60. The zero-order chi connectivity index (χ0) is 21.2. The molecule has 8 heteroatoms. The van der Waals surface area contributed by atoms with Crippen molar-refractivity contribution in [1.29, 1.82) is 0 Å². The molecule has 0 atom stereocenters. The molecule has 162 valence electrons. The maximum absolute atomic E-state index is 12.8. The Hall–Kier alpha value is -2.71. The predicted octanol–water partition coefficient (Wildman–Crippen LogP) is 2.49. The lowest BCUT2D eigenvalue weighted by molar-refractivity contribution is -0.119. The number of hydrogen-bond acceptors (Lipinski definition) is 6. The number of alkyl halides is 1. The standard InChI is InChI=1S/C23H27FN6O/c24-3-6-29-7-8-30-23(16-29)21(14-27-30)22-10-17-9-19(25-12-18(17)13-26-22)11-20(31)15-28-4-1-2-5-28/h9-10,12-14H,1-8,11,15-16H2. The van der Waals surface area contributed by atoms with Gasteiger partial charge in [-0.3, -0.25) is 29.2 Å². The van der Waals surface area contributed by atoms with E-state index in [1.807, 2.05) is 29.2 Å². The summed E-state index contributed by atoms with van der Waals surface area (Å²) in [5, 5.41) is 6.47. The first-order chi connectivity index (χ1) is 15.2. The molecular weight excluding hydrogens is 395 g/mol. The number of hydrogen-bond donors (Lipinski definition) is 0. The monoisotopic (exact) mass is 422 g/mol. The molecule has 3 aromatic rings. The van der Waals surface area contributed by atoms with Gasteiger partial charge >= 0.3 is 0 Å². The Balaban J connectivity index is 1.37. The van der Waals surface area contributed by atoms with Crippen LogP contribution >= 0.6 is 0 Å². The Labute approximate surface area is 180 Å². The van der Waals surface area contributed by atoms with Crippen LogP contribution in [0.15, 0.2) is 30.7 Å². The van der Waals surface area contributed by atoms with E-state index in [9.17, 15) is 9.18 Å². The van der Waals surface area contributed by atoms with E-state index in [1.54, 1.807) is 6.20 Å². The molecule has 31 heavy (non-hydrogen) atoms. The summed E-state index contributed by atoms with van der Waals surface area (Å²) in [6.45, 7) is 4.89. The van der Waals surface area contributed by atoms with Gasteiger partial charge in [0, 0.05) is 48.7 Å². The van der Waals surface area contributed by atoms with Gasteiger partial charge in [-0.25, -0.2) is 4.39 Å². The smallest absolute Gasteiger partial charge is 0.152 e. The van der Waals surface area contributed by atoms with Crippen molar-refractivity contribution in [1.82, 2.24) is 29.5 Å². The van der Waals surface area contributed by atoms with Crippen LogP contribution in [-0.4, -0.2) is 74.7 Å². The van der Waals surface area contributed by atoms with Crippen molar-refractivity contribution < 1.29 is 9.18 Å². The fraction of sp³-hybridized carbons (Fsp3) is 0.478. The minimum Gasteiger partial charge on any atom is -0.298 e. The van der Waals surface area contributed by atoms with E-state index >= 15 is 0 Å². The molecule has 0 saturated carbocycles. The van der Waals surface area contributed by atoms with Gasteiger partial charge in [-0.05, 0) is 43.5 Å². The Morgan fingerprint density at radius 1 is 0.968 bits per heavy atom. The summed E-state index contributed by atoms with van der Waals surface area (Å²) >= 11 is 0. The molecule has 7 nitrogen and oxygen atoms in total. The predicted molar refractivity (Wildman–Crippen MR) is 116 cm³/mol. The minimum absolute atomic E-state index is 0.210. The number of aromatic nitrogens is 4. The van der Waals surface area contributed by atoms with Gasteiger partial charge in [0.05, 0.1) is 37.1 Å². The van der Waals surface area contributed by atoms with E-state index < -0.39 is 0 Å². The lowest BCUT2D eigenvalue weighted by Crippen LogP contribution is -2.35. The van der Waals surface area contributed by atoms with E-state index in [2.05, 4.69) is 24.9 Å². The van der Waals surface area contributed by atoms with Crippen LogP contribution in [0.2, 0.25) is 0 Å². The van der Waals surface area contributed by atoms with Gasteiger partial charge in [0.2, 0.25) is 0 Å². The van der Waals surface area contributed by atoms with Crippen molar-refractivity contribution in [2.24, 2.45) is 0 Å². The summed E-state index contributed by atoms with van der Waals surface area (Å²) in [6.07, 6.45) is 8.18. The molecule has 0 unspecified atom stereocenters. The Morgan fingerprint density at radius 2 is 1.81 bits per heavy atom. The molecule has 0 spiro atoms. The van der Waals surface area contributed by atoms with Crippen LogP contribution in [0.4, 0.5) is 4.39 Å². The fourth-order valence-corrected chi connectivity index (χ4v) is 4.60. The van der Waals surface area contributed by atoms with E-state index in [-0.39, 0.29) is 12.5 Å². The molecule has 5 heterocycles. The highest BCUT2D eigenvalue weighted by atomic mass is 19.1. The molecule has 5 rings (SSSR count). The maximum Gasteiger partial charge on any atom is 0.152 e. The lowest BCUT2D eigenvalue weighted by Gasteiger charge is -2.27. The van der Waals surface area contributed by atoms with Crippen LogP contribution in [0, 0.1) is 0 Å². The van der Waals surface area contributed by atoms with E-state index in [4.69, 9.17) is 0 Å². The van der Waals surface area contributed by atoms with Crippen molar-refractivity contribution >= 4 is 16.6 Å². The normalized spacial score (nSPS) is 17.3. The van der Waals surface area contributed by atoms with Gasteiger partial charge < -0.3 is 0 Å². The van der Waals surface area contributed by atoms with Crippen LogP contribution < -0.4 is 0 Å².